The van der Waals surface area contributed by atoms with Gasteiger partial charge in [-0.2, -0.15) is 0 Å². The third kappa shape index (κ3) is 2.11. The van der Waals surface area contributed by atoms with E-state index in [4.69, 9.17) is 16.3 Å². The van der Waals surface area contributed by atoms with E-state index in [2.05, 4.69) is 21.2 Å². The van der Waals surface area contributed by atoms with E-state index in [1.807, 2.05) is 18.2 Å². The van der Waals surface area contributed by atoms with Gasteiger partial charge in [-0.25, -0.2) is 0 Å². The van der Waals surface area contributed by atoms with Crippen molar-refractivity contribution in [2.24, 2.45) is 0 Å². The number of nitrogens with one attached hydrogen (secondary N) is 1. The summed E-state index contributed by atoms with van der Waals surface area (Å²) in [5.74, 6) is 0. The van der Waals surface area contributed by atoms with Crippen LogP contribution in [0.2, 0.25) is 5.02 Å². The van der Waals surface area contributed by atoms with Crippen molar-refractivity contribution in [3.8, 4) is 0 Å². The normalized spacial score (nSPS) is 22.3. The van der Waals surface area contributed by atoms with Crippen molar-refractivity contribution in [3.05, 3.63) is 33.3 Å². The molecule has 0 radical (unpaired) electrons. The molecule has 1 aliphatic heterocycles. The molecule has 1 aliphatic rings. The van der Waals surface area contributed by atoms with E-state index in [1.165, 1.54) is 0 Å². The Morgan fingerprint density at radius 2 is 2.36 bits per heavy atom. The zero-order valence-electron chi connectivity index (χ0n) is 7.59. The molecule has 1 aromatic carbocycles. The van der Waals surface area contributed by atoms with Crippen LogP contribution in [0.5, 0.6) is 0 Å². The molecular weight excluding hydrogens is 265 g/mol. The summed E-state index contributed by atoms with van der Waals surface area (Å²) < 4.78 is 6.44. The van der Waals surface area contributed by atoms with Gasteiger partial charge >= 0.3 is 0 Å². The highest BCUT2D eigenvalue weighted by atomic mass is 79.9. The molecule has 0 spiro atoms. The van der Waals surface area contributed by atoms with Crippen molar-refractivity contribution >= 4 is 27.5 Å². The first-order valence-corrected chi connectivity index (χ1v) is 5.71. The summed E-state index contributed by atoms with van der Waals surface area (Å²) >= 11 is 9.64. The Hall–Kier alpha value is -0.0900. The minimum Gasteiger partial charge on any atom is -0.378 e. The largest absolute Gasteiger partial charge is 0.378 e. The fraction of sp³-hybridized carbons (Fsp3) is 0.400. The maximum Gasteiger partial charge on any atom is 0.0663 e. The standard InChI is InChI=1S/C10H11BrClNO/c11-7-2-1-3-8(12)10(7)9-6-14-5-4-13-9/h1-3,9,13H,4-6H2. The number of halogens is 2. The fourth-order valence-electron chi connectivity index (χ4n) is 1.59. The molecule has 1 atom stereocenters. The van der Waals surface area contributed by atoms with Gasteiger partial charge < -0.3 is 10.1 Å². The van der Waals surface area contributed by atoms with Crippen LogP contribution < -0.4 is 5.32 Å². The highest BCUT2D eigenvalue weighted by molar-refractivity contribution is 9.10. The molecule has 1 fully saturated rings. The number of hydrogen-bond donors (Lipinski definition) is 1. The average molecular weight is 277 g/mol. The Balaban J connectivity index is 2.29. The Kier molecular flexibility index (Phi) is 3.44. The Morgan fingerprint density at radius 1 is 1.50 bits per heavy atom. The van der Waals surface area contributed by atoms with Crippen molar-refractivity contribution < 1.29 is 4.74 Å². The molecule has 2 nitrogen and oxygen atoms in total. The third-order valence-corrected chi connectivity index (χ3v) is 3.29. The molecule has 1 heterocycles. The van der Waals surface area contributed by atoms with Crippen LogP contribution in [-0.4, -0.2) is 19.8 Å². The molecule has 0 amide bonds. The number of ether oxygens (including phenoxy) is 1. The lowest BCUT2D eigenvalue weighted by molar-refractivity contribution is 0.0767. The summed E-state index contributed by atoms with van der Waals surface area (Å²) in [4.78, 5) is 0. The quantitative estimate of drug-likeness (QED) is 0.852. The molecular formula is C10H11BrClNO. The first-order chi connectivity index (χ1) is 6.79. The van der Waals surface area contributed by atoms with Crippen molar-refractivity contribution in [1.29, 1.82) is 0 Å². The van der Waals surface area contributed by atoms with Gasteiger partial charge in [0, 0.05) is 21.6 Å². The van der Waals surface area contributed by atoms with E-state index in [0.29, 0.717) is 6.61 Å². The first kappa shape index (κ1) is 10.4. The first-order valence-electron chi connectivity index (χ1n) is 4.54. The van der Waals surface area contributed by atoms with Gasteiger partial charge in [0.25, 0.3) is 0 Å². The summed E-state index contributed by atoms with van der Waals surface area (Å²) in [6.07, 6.45) is 0. The van der Waals surface area contributed by atoms with E-state index < -0.39 is 0 Å². The van der Waals surface area contributed by atoms with Crippen molar-refractivity contribution in [2.45, 2.75) is 6.04 Å². The Bertz CT molecular complexity index is 306. The van der Waals surface area contributed by atoms with Crippen molar-refractivity contribution in [2.75, 3.05) is 19.8 Å². The molecule has 76 valence electrons. The molecule has 0 aromatic heterocycles. The lowest BCUT2D eigenvalue weighted by Crippen LogP contribution is -2.34. The van der Waals surface area contributed by atoms with Gasteiger partial charge in [0.05, 0.1) is 19.3 Å². The van der Waals surface area contributed by atoms with Crippen LogP contribution in [0.4, 0.5) is 0 Å². The van der Waals surface area contributed by atoms with Gasteiger partial charge in [0.15, 0.2) is 0 Å². The van der Waals surface area contributed by atoms with Crippen LogP contribution in [-0.2, 0) is 4.74 Å². The van der Waals surface area contributed by atoms with Gasteiger partial charge in [0.1, 0.15) is 0 Å². The third-order valence-electron chi connectivity index (χ3n) is 2.27. The monoisotopic (exact) mass is 275 g/mol. The Morgan fingerprint density at radius 3 is 3.00 bits per heavy atom. The van der Waals surface area contributed by atoms with Gasteiger partial charge in [-0.05, 0) is 12.1 Å². The van der Waals surface area contributed by atoms with Crippen molar-refractivity contribution in [1.82, 2.24) is 5.32 Å². The molecule has 1 aromatic rings. The van der Waals surface area contributed by atoms with E-state index in [0.717, 1.165) is 28.2 Å². The molecule has 1 saturated heterocycles. The fourth-order valence-corrected chi connectivity index (χ4v) is 2.66. The van der Waals surface area contributed by atoms with Crippen LogP contribution in [0.3, 0.4) is 0 Å². The SMILES string of the molecule is Clc1cccc(Br)c1C1COCCN1. The summed E-state index contributed by atoms with van der Waals surface area (Å²) in [6, 6.07) is 6.03. The highest BCUT2D eigenvalue weighted by Crippen LogP contribution is 2.31. The molecule has 0 aliphatic carbocycles. The lowest BCUT2D eigenvalue weighted by atomic mass is 10.1. The summed E-state index contributed by atoms with van der Waals surface area (Å²) in [5.41, 5.74) is 1.09. The second-order valence-electron chi connectivity index (χ2n) is 3.22. The van der Waals surface area contributed by atoms with Gasteiger partial charge in [-0.15, -0.1) is 0 Å². The van der Waals surface area contributed by atoms with E-state index in [-0.39, 0.29) is 6.04 Å². The van der Waals surface area contributed by atoms with Gasteiger partial charge in [-0.1, -0.05) is 33.6 Å². The van der Waals surface area contributed by atoms with Crippen LogP contribution in [0.1, 0.15) is 11.6 Å². The van der Waals surface area contributed by atoms with Gasteiger partial charge in [-0.3, -0.25) is 0 Å². The second-order valence-corrected chi connectivity index (χ2v) is 4.48. The van der Waals surface area contributed by atoms with Crippen LogP contribution in [0, 0.1) is 0 Å². The summed E-state index contributed by atoms with van der Waals surface area (Å²) in [5, 5.41) is 4.16. The smallest absolute Gasteiger partial charge is 0.0663 e. The Labute approximate surface area is 96.7 Å². The molecule has 2 rings (SSSR count). The van der Waals surface area contributed by atoms with E-state index in [1.54, 1.807) is 0 Å². The molecule has 1 unspecified atom stereocenters. The minimum atomic E-state index is 0.201. The number of rotatable bonds is 1. The zero-order chi connectivity index (χ0) is 9.97. The summed E-state index contributed by atoms with van der Waals surface area (Å²) in [7, 11) is 0. The average Bonchev–Trinajstić information content (AvgIpc) is 2.19. The predicted molar refractivity (Wildman–Crippen MR) is 60.7 cm³/mol. The molecule has 0 saturated carbocycles. The number of benzene rings is 1. The van der Waals surface area contributed by atoms with Crippen LogP contribution >= 0.6 is 27.5 Å². The van der Waals surface area contributed by atoms with E-state index >= 15 is 0 Å². The number of morpholine rings is 1. The second kappa shape index (κ2) is 4.62. The minimum absolute atomic E-state index is 0.201. The maximum atomic E-state index is 6.14. The highest BCUT2D eigenvalue weighted by Gasteiger charge is 2.19. The topological polar surface area (TPSA) is 21.3 Å². The molecule has 1 N–H and O–H groups in total. The van der Waals surface area contributed by atoms with Crippen LogP contribution in [0.25, 0.3) is 0 Å². The molecule has 0 bridgehead atoms. The van der Waals surface area contributed by atoms with Crippen molar-refractivity contribution in [3.63, 3.8) is 0 Å². The van der Waals surface area contributed by atoms with Crippen LogP contribution in [0.15, 0.2) is 22.7 Å². The van der Waals surface area contributed by atoms with E-state index in [9.17, 15) is 0 Å². The number of hydrogen-bond acceptors (Lipinski definition) is 2. The summed E-state index contributed by atoms with van der Waals surface area (Å²) in [6.45, 7) is 2.34. The van der Waals surface area contributed by atoms with Gasteiger partial charge in [0.2, 0.25) is 0 Å². The zero-order valence-corrected chi connectivity index (χ0v) is 9.94. The molecule has 14 heavy (non-hydrogen) atoms. The maximum absolute atomic E-state index is 6.14. The predicted octanol–water partition coefficient (Wildman–Crippen LogP) is 2.76. The molecule has 4 heteroatoms. The lowest BCUT2D eigenvalue weighted by Gasteiger charge is -2.25.